The number of aromatic nitrogens is 2. The lowest BCUT2D eigenvalue weighted by Crippen LogP contribution is -2.09. The van der Waals surface area contributed by atoms with Gasteiger partial charge < -0.3 is 9.25 Å². The van der Waals surface area contributed by atoms with E-state index in [0.29, 0.717) is 5.84 Å². The van der Waals surface area contributed by atoms with Gasteiger partial charge in [-0.15, -0.1) is 0 Å². The SMILES string of the molecule is C(=NOC1Cc2ccccc2C1)c1c(-c2ccc3ccccc3c2)nc2occn12. The highest BCUT2D eigenvalue weighted by Crippen LogP contribution is 2.28. The van der Waals surface area contributed by atoms with Gasteiger partial charge in [-0.25, -0.2) is 0 Å². The summed E-state index contributed by atoms with van der Waals surface area (Å²) in [4.78, 5) is 10.5. The van der Waals surface area contributed by atoms with Crippen LogP contribution in [-0.2, 0) is 17.7 Å². The number of oxazole rings is 1. The molecule has 6 rings (SSSR count). The average molecular weight is 393 g/mol. The fourth-order valence-electron chi connectivity index (χ4n) is 4.24. The Kier molecular flexibility index (Phi) is 3.91. The van der Waals surface area contributed by atoms with E-state index in [2.05, 4.69) is 64.7 Å². The molecule has 0 aliphatic heterocycles. The van der Waals surface area contributed by atoms with E-state index < -0.39 is 0 Å². The summed E-state index contributed by atoms with van der Waals surface area (Å²) in [5.41, 5.74) is 5.36. The van der Waals surface area contributed by atoms with Crippen LogP contribution in [0.4, 0.5) is 0 Å². The van der Waals surface area contributed by atoms with Gasteiger partial charge in [0, 0.05) is 24.6 Å². The Morgan fingerprint density at radius 1 is 0.967 bits per heavy atom. The van der Waals surface area contributed by atoms with Crippen molar-refractivity contribution in [3.05, 3.63) is 96.0 Å². The van der Waals surface area contributed by atoms with Crippen LogP contribution < -0.4 is 0 Å². The molecule has 0 N–H and O–H groups in total. The molecule has 0 atom stereocenters. The van der Waals surface area contributed by atoms with Crippen LogP contribution in [0.2, 0.25) is 0 Å². The molecule has 3 aromatic carbocycles. The minimum absolute atomic E-state index is 0.0653. The molecule has 0 amide bonds. The van der Waals surface area contributed by atoms with E-state index in [0.717, 1.165) is 29.8 Å². The van der Waals surface area contributed by atoms with Gasteiger partial charge in [-0.05, 0) is 28.0 Å². The molecule has 30 heavy (non-hydrogen) atoms. The summed E-state index contributed by atoms with van der Waals surface area (Å²) in [6.45, 7) is 0. The van der Waals surface area contributed by atoms with Gasteiger partial charge in [-0.2, -0.15) is 4.98 Å². The Morgan fingerprint density at radius 3 is 2.57 bits per heavy atom. The van der Waals surface area contributed by atoms with Crippen LogP contribution in [0.25, 0.3) is 27.9 Å². The zero-order valence-corrected chi connectivity index (χ0v) is 16.2. The third-order valence-electron chi connectivity index (χ3n) is 5.72. The Balaban J connectivity index is 1.32. The number of fused-ring (bicyclic) bond motifs is 3. The molecule has 1 aliphatic rings. The van der Waals surface area contributed by atoms with Crippen molar-refractivity contribution in [3.63, 3.8) is 0 Å². The van der Waals surface area contributed by atoms with Gasteiger partial charge in [0.1, 0.15) is 18.1 Å². The summed E-state index contributed by atoms with van der Waals surface area (Å²) in [6.07, 6.45) is 7.05. The van der Waals surface area contributed by atoms with Crippen LogP contribution in [0.1, 0.15) is 16.8 Å². The molecule has 0 spiro atoms. The lowest BCUT2D eigenvalue weighted by atomic mass is 10.0. The van der Waals surface area contributed by atoms with E-state index in [4.69, 9.17) is 9.25 Å². The minimum Gasteiger partial charge on any atom is -0.432 e. The van der Waals surface area contributed by atoms with Gasteiger partial charge >= 0.3 is 5.84 Å². The predicted octanol–water partition coefficient (Wildman–Crippen LogP) is 5.27. The quantitative estimate of drug-likeness (QED) is 0.309. The number of benzene rings is 3. The van der Waals surface area contributed by atoms with Gasteiger partial charge in [0.05, 0.1) is 11.9 Å². The van der Waals surface area contributed by atoms with Crippen molar-refractivity contribution in [1.82, 2.24) is 9.38 Å². The summed E-state index contributed by atoms with van der Waals surface area (Å²) in [6, 6.07) is 23.1. The minimum atomic E-state index is 0.0653. The first-order valence-corrected chi connectivity index (χ1v) is 10.1. The maximum Gasteiger partial charge on any atom is 0.306 e. The van der Waals surface area contributed by atoms with Gasteiger partial charge in [-0.3, -0.25) is 4.40 Å². The van der Waals surface area contributed by atoms with Crippen molar-refractivity contribution in [2.75, 3.05) is 0 Å². The summed E-state index contributed by atoms with van der Waals surface area (Å²) in [5.74, 6) is 0.535. The second-order valence-electron chi connectivity index (χ2n) is 7.60. The van der Waals surface area contributed by atoms with Gasteiger partial charge in [0.25, 0.3) is 0 Å². The number of hydrogen-bond acceptors (Lipinski definition) is 4. The first-order chi connectivity index (χ1) is 14.8. The molecule has 5 heteroatoms. The van der Waals surface area contributed by atoms with E-state index in [-0.39, 0.29) is 6.10 Å². The topological polar surface area (TPSA) is 52.0 Å². The second-order valence-corrected chi connectivity index (χ2v) is 7.60. The van der Waals surface area contributed by atoms with Crippen LogP contribution in [-0.4, -0.2) is 21.7 Å². The van der Waals surface area contributed by atoms with E-state index in [9.17, 15) is 0 Å². The molecule has 0 saturated heterocycles. The highest BCUT2D eigenvalue weighted by molar-refractivity contribution is 5.92. The Hall–Kier alpha value is -3.86. The van der Waals surface area contributed by atoms with Crippen molar-refractivity contribution in [3.8, 4) is 11.3 Å². The number of rotatable bonds is 4. The largest absolute Gasteiger partial charge is 0.432 e. The van der Waals surface area contributed by atoms with E-state index in [1.165, 1.54) is 21.9 Å². The molecule has 2 aromatic heterocycles. The van der Waals surface area contributed by atoms with Crippen LogP contribution >= 0.6 is 0 Å². The van der Waals surface area contributed by atoms with E-state index in [1.807, 2.05) is 22.7 Å². The maximum absolute atomic E-state index is 5.84. The molecular formula is C25H19N3O2. The normalized spacial score (nSPS) is 14.1. The number of oxime groups is 1. The fraction of sp³-hybridized carbons (Fsp3) is 0.120. The number of imidazole rings is 1. The predicted molar refractivity (Wildman–Crippen MR) is 117 cm³/mol. The molecule has 2 heterocycles. The lowest BCUT2D eigenvalue weighted by Gasteiger charge is -2.06. The standard InChI is InChI=1S/C25H19N3O2/c1-2-6-18-13-21(10-9-17(18)5-1)24-23(28-11-12-29-25(28)27-24)16-26-30-22-14-19-7-3-4-8-20(19)15-22/h1-13,16,22H,14-15H2. The molecule has 5 aromatic rings. The molecular weight excluding hydrogens is 374 g/mol. The first-order valence-electron chi connectivity index (χ1n) is 10.1. The first kappa shape index (κ1) is 17.0. The van der Waals surface area contributed by atoms with Crippen molar-refractivity contribution < 1.29 is 9.25 Å². The molecule has 0 unspecified atom stereocenters. The van der Waals surface area contributed by atoms with Crippen molar-refractivity contribution in [2.45, 2.75) is 18.9 Å². The summed E-state index contributed by atoms with van der Waals surface area (Å²) in [5, 5.41) is 6.70. The van der Waals surface area contributed by atoms with Crippen LogP contribution in [0.5, 0.6) is 0 Å². The van der Waals surface area contributed by atoms with Gasteiger partial charge in [0.15, 0.2) is 0 Å². The Morgan fingerprint density at radius 2 is 1.73 bits per heavy atom. The molecule has 146 valence electrons. The van der Waals surface area contributed by atoms with Crippen molar-refractivity contribution >= 4 is 22.8 Å². The van der Waals surface area contributed by atoms with Crippen LogP contribution in [0, 0.1) is 0 Å². The smallest absolute Gasteiger partial charge is 0.306 e. The second kappa shape index (κ2) is 6.88. The van der Waals surface area contributed by atoms with Crippen molar-refractivity contribution in [2.24, 2.45) is 5.16 Å². The van der Waals surface area contributed by atoms with Crippen LogP contribution in [0.3, 0.4) is 0 Å². The maximum atomic E-state index is 5.84. The highest BCUT2D eigenvalue weighted by Gasteiger charge is 2.22. The zero-order chi connectivity index (χ0) is 19.9. The molecule has 0 radical (unpaired) electrons. The third-order valence-corrected chi connectivity index (χ3v) is 5.72. The Labute approximate surface area is 173 Å². The summed E-state index contributed by atoms with van der Waals surface area (Å²) in [7, 11) is 0. The van der Waals surface area contributed by atoms with E-state index in [1.54, 1.807) is 12.5 Å². The third kappa shape index (κ3) is 2.87. The fourth-order valence-corrected chi connectivity index (χ4v) is 4.24. The Bertz CT molecular complexity index is 1370. The molecule has 0 fully saturated rings. The summed E-state index contributed by atoms with van der Waals surface area (Å²) < 4.78 is 7.41. The molecule has 5 nitrogen and oxygen atoms in total. The van der Waals surface area contributed by atoms with Crippen molar-refractivity contribution in [1.29, 1.82) is 0 Å². The molecule has 0 saturated carbocycles. The lowest BCUT2D eigenvalue weighted by molar-refractivity contribution is 0.0681. The molecule has 0 bridgehead atoms. The van der Waals surface area contributed by atoms with Gasteiger partial charge in [-0.1, -0.05) is 65.8 Å². The number of hydrogen-bond donors (Lipinski definition) is 0. The zero-order valence-electron chi connectivity index (χ0n) is 16.2. The van der Waals surface area contributed by atoms with Crippen LogP contribution in [0.15, 0.2) is 88.8 Å². The van der Waals surface area contributed by atoms with Gasteiger partial charge in [0.2, 0.25) is 0 Å². The number of nitrogens with zero attached hydrogens (tertiary/aromatic N) is 3. The summed E-state index contributed by atoms with van der Waals surface area (Å²) >= 11 is 0. The average Bonchev–Trinajstić information content (AvgIpc) is 3.48. The molecule has 1 aliphatic carbocycles. The monoisotopic (exact) mass is 393 g/mol. The van der Waals surface area contributed by atoms with E-state index >= 15 is 0 Å². The highest BCUT2D eigenvalue weighted by atomic mass is 16.6.